The molecule has 3 aromatic rings. The third-order valence-corrected chi connectivity index (χ3v) is 10.2. The zero-order valence-electron chi connectivity index (χ0n) is 23.9. The van der Waals surface area contributed by atoms with Gasteiger partial charge in [0.2, 0.25) is 11.8 Å². The van der Waals surface area contributed by atoms with E-state index in [2.05, 4.69) is 5.32 Å². The molecule has 1 atom stereocenters. The summed E-state index contributed by atoms with van der Waals surface area (Å²) in [6, 6.07) is 19.9. The van der Waals surface area contributed by atoms with Crippen molar-refractivity contribution in [2.75, 3.05) is 17.4 Å². The molecule has 1 N–H and O–H groups in total. The minimum absolute atomic E-state index is 0.0359. The SMILES string of the molecule is CC[C@@H](C(=O)NC1CCCC1)N(CCc1ccccc1)C(=O)CN(c1ccc(Cl)c(Cl)c1)S(=O)(=O)c1ccc(C)cc1. The molecule has 0 heterocycles. The van der Waals surface area contributed by atoms with Gasteiger partial charge in [0, 0.05) is 12.6 Å². The smallest absolute Gasteiger partial charge is 0.264 e. The van der Waals surface area contributed by atoms with E-state index < -0.39 is 28.5 Å². The molecule has 0 aromatic heterocycles. The maximum Gasteiger partial charge on any atom is 0.264 e. The van der Waals surface area contributed by atoms with Crippen LogP contribution in [0.4, 0.5) is 5.69 Å². The Morgan fingerprint density at radius 1 is 0.952 bits per heavy atom. The van der Waals surface area contributed by atoms with Gasteiger partial charge in [0.15, 0.2) is 0 Å². The van der Waals surface area contributed by atoms with Crippen LogP contribution in [0.2, 0.25) is 10.0 Å². The van der Waals surface area contributed by atoms with Gasteiger partial charge in [-0.25, -0.2) is 8.42 Å². The van der Waals surface area contributed by atoms with Crippen LogP contribution in [0.1, 0.15) is 50.2 Å². The van der Waals surface area contributed by atoms with E-state index in [1.807, 2.05) is 44.2 Å². The van der Waals surface area contributed by atoms with Gasteiger partial charge >= 0.3 is 0 Å². The third kappa shape index (κ3) is 7.85. The largest absolute Gasteiger partial charge is 0.352 e. The number of halogens is 2. The molecule has 4 rings (SSSR count). The number of aryl methyl sites for hydroxylation is 1. The van der Waals surface area contributed by atoms with E-state index in [4.69, 9.17) is 23.2 Å². The van der Waals surface area contributed by atoms with Crippen LogP contribution in [-0.4, -0.2) is 50.3 Å². The highest BCUT2D eigenvalue weighted by atomic mass is 35.5. The first kappa shape index (κ1) is 31.9. The van der Waals surface area contributed by atoms with Crippen LogP contribution in [-0.2, 0) is 26.0 Å². The fraction of sp³-hybridized carbons (Fsp3) is 0.375. The Labute approximate surface area is 258 Å². The van der Waals surface area contributed by atoms with E-state index in [1.54, 1.807) is 12.1 Å². The molecule has 1 saturated carbocycles. The molecule has 224 valence electrons. The molecule has 0 saturated heterocycles. The van der Waals surface area contributed by atoms with Gasteiger partial charge in [-0.3, -0.25) is 13.9 Å². The van der Waals surface area contributed by atoms with Crippen molar-refractivity contribution in [2.24, 2.45) is 0 Å². The van der Waals surface area contributed by atoms with Crippen LogP contribution >= 0.6 is 23.2 Å². The molecule has 1 aliphatic rings. The second kappa shape index (κ2) is 14.4. The fourth-order valence-corrected chi connectivity index (χ4v) is 6.97. The predicted octanol–water partition coefficient (Wildman–Crippen LogP) is 6.41. The van der Waals surface area contributed by atoms with Crippen molar-refractivity contribution in [3.8, 4) is 0 Å². The Balaban J connectivity index is 1.69. The minimum Gasteiger partial charge on any atom is -0.352 e. The Hall–Kier alpha value is -3.07. The van der Waals surface area contributed by atoms with E-state index in [1.165, 1.54) is 35.2 Å². The Morgan fingerprint density at radius 2 is 1.62 bits per heavy atom. The van der Waals surface area contributed by atoms with Crippen LogP contribution in [0.15, 0.2) is 77.7 Å². The van der Waals surface area contributed by atoms with Crippen LogP contribution in [0.25, 0.3) is 0 Å². The lowest BCUT2D eigenvalue weighted by Crippen LogP contribution is -2.54. The maximum absolute atomic E-state index is 14.2. The average Bonchev–Trinajstić information content (AvgIpc) is 3.49. The quantitative estimate of drug-likeness (QED) is 0.251. The lowest BCUT2D eigenvalue weighted by Gasteiger charge is -2.33. The lowest BCUT2D eigenvalue weighted by atomic mass is 10.1. The summed E-state index contributed by atoms with van der Waals surface area (Å²) in [4.78, 5) is 29.2. The van der Waals surface area contributed by atoms with E-state index in [-0.39, 0.29) is 39.1 Å². The first-order valence-electron chi connectivity index (χ1n) is 14.3. The molecule has 10 heteroatoms. The number of amides is 2. The molecule has 0 unspecified atom stereocenters. The summed E-state index contributed by atoms with van der Waals surface area (Å²) >= 11 is 12.4. The number of nitrogens with one attached hydrogen (secondary N) is 1. The molecule has 2 amide bonds. The summed E-state index contributed by atoms with van der Waals surface area (Å²) in [5.74, 6) is -0.700. The van der Waals surface area contributed by atoms with Gasteiger partial charge < -0.3 is 10.2 Å². The zero-order chi connectivity index (χ0) is 30.3. The van der Waals surface area contributed by atoms with E-state index in [9.17, 15) is 18.0 Å². The molecular weight excluding hydrogens is 593 g/mol. The number of carbonyl (C=O) groups is 2. The highest BCUT2D eigenvalue weighted by molar-refractivity contribution is 7.92. The third-order valence-electron chi connectivity index (χ3n) is 7.65. The summed E-state index contributed by atoms with van der Waals surface area (Å²) in [5, 5.41) is 3.55. The van der Waals surface area contributed by atoms with Gasteiger partial charge in [0.25, 0.3) is 10.0 Å². The van der Waals surface area contributed by atoms with Gasteiger partial charge in [-0.1, -0.05) is 91.0 Å². The lowest BCUT2D eigenvalue weighted by molar-refractivity contribution is -0.139. The molecule has 0 spiro atoms. The molecule has 0 aliphatic heterocycles. The Bertz CT molecular complexity index is 1480. The van der Waals surface area contributed by atoms with Gasteiger partial charge in [-0.15, -0.1) is 0 Å². The van der Waals surface area contributed by atoms with E-state index >= 15 is 0 Å². The topological polar surface area (TPSA) is 86.8 Å². The van der Waals surface area contributed by atoms with E-state index in [0.717, 1.165) is 41.1 Å². The Kier molecular flexibility index (Phi) is 10.9. The van der Waals surface area contributed by atoms with Crippen molar-refractivity contribution in [1.82, 2.24) is 10.2 Å². The highest BCUT2D eigenvalue weighted by Crippen LogP contribution is 2.31. The van der Waals surface area contributed by atoms with Crippen molar-refractivity contribution in [1.29, 1.82) is 0 Å². The summed E-state index contributed by atoms with van der Waals surface area (Å²) < 4.78 is 29.0. The summed E-state index contributed by atoms with van der Waals surface area (Å²) in [7, 11) is -4.18. The number of hydrogen-bond donors (Lipinski definition) is 1. The minimum atomic E-state index is -4.18. The molecule has 0 bridgehead atoms. The van der Waals surface area contributed by atoms with E-state index in [0.29, 0.717) is 12.8 Å². The molecule has 42 heavy (non-hydrogen) atoms. The molecule has 7 nitrogen and oxygen atoms in total. The fourth-order valence-electron chi connectivity index (χ4n) is 5.27. The van der Waals surface area contributed by atoms with Crippen molar-refractivity contribution < 1.29 is 18.0 Å². The van der Waals surface area contributed by atoms with Gasteiger partial charge in [0.1, 0.15) is 12.6 Å². The van der Waals surface area contributed by atoms with Crippen molar-refractivity contribution in [2.45, 2.75) is 69.4 Å². The normalized spacial score (nSPS) is 14.4. The molecule has 1 aliphatic carbocycles. The van der Waals surface area contributed by atoms with Crippen molar-refractivity contribution >= 4 is 50.7 Å². The first-order chi connectivity index (χ1) is 20.1. The van der Waals surface area contributed by atoms with Crippen molar-refractivity contribution in [3.63, 3.8) is 0 Å². The maximum atomic E-state index is 14.2. The number of sulfonamides is 1. The van der Waals surface area contributed by atoms with Gasteiger partial charge in [-0.2, -0.15) is 0 Å². The predicted molar refractivity (Wildman–Crippen MR) is 169 cm³/mol. The molecule has 0 radical (unpaired) electrons. The summed E-state index contributed by atoms with van der Waals surface area (Å²) in [6.45, 7) is 3.46. The molecular formula is C32H37Cl2N3O4S. The summed E-state index contributed by atoms with van der Waals surface area (Å²) in [6.07, 6.45) is 4.86. The standard InChI is InChI=1S/C32H37Cl2N3O4S/c1-3-30(32(39)35-25-11-7-8-12-25)36(20-19-24-9-5-4-6-10-24)31(38)22-37(26-15-18-28(33)29(34)21-26)42(40,41)27-16-13-23(2)14-17-27/h4-6,9-10,13-18,21,25,30H,3,7-8,11-12,19-20,22H2,1-2H3,(H,35,39)/t30-/m0/s1. The molecule has 3 aromatic carbocycles. The highest BCUT2D eigenvalue weighted by Gasteiger charge is 2.34. The van der Waals surface area contributed by atoms with Gasteiger partial charge in [-0.05, 0) is 68.5 Å². The second-order valence-corrected chi connectivity index (χ2v) is 13.3. The van der Waals surface area contributed by atoms with Crippen LogP contribution in [0, 0.1) is 6.92 Å². The average molecular weight is 631 g/mol. The first-order valence-corrected chi connectivity index (χ1v) is 16.5. The number of nitrogens with zero attached hydrogens (tertiary/aromatic N) is 2. The number of rotatable bonds is 12. The monoisotopic (exact) mass is 629 g/mol. The zero-order valence-corrected chi connectivity index (χ0v) is 26.3. The number of hydrogen-bond acceptors (Lipinski definition) is 4. The second-order valence-electron chi connectivity index (χ2n) is 10.7. The summed E-state index contributed by atoms with van der Waals surface area (Å²) in [5.41, 5.74) is 2.11. The van der Waals surface area contributed by atoms with Crippen LogP contribution in [0.5, 0.6) is 0 Å². The van der Waals surface area contributed by atoms with Crippen LogP contribution < -0.4 is 9.62 Å². The van der Waals surface area contributed by atoms with Crippen molar-refractivity contribution in [3.05, 3.63) is 94.0 Å². The number of carbonyl (C=O) groups excluding carboxylic acids is 2. The van der Waals surface area contributed by atoms with Gasteiger partial charge in [0.05, 0.1) is 20.6 Å². The number of anilines is 1. The molecule has 1 fully saturated rings. The number of benzene rings is 3. The Morgan fingerprint density at radius 3 is 2.24 bits per heavy atom. The van der Waals surface area contributed by atoms with Crippen LogP contribution in [0.3, 0.4) is 0 Å².